The lowest BCUT2D eigenvalue weighted by Gasteiger charge is -2.05. The Morgan fingerprint density at radius 3 is 2.88 bits per heavy atom. The van der Waals surface area contributed by atoms with Crippen LogP contribution in [0.1, 0.15) is 11.8 Å². The van der Waals surface area contributed by atoms with E-state index in [-0.39, 0.29) is 0 Å². The van der Waals surface area contributed by atoms with Gasteiger partial charge >= 0.3 is 0 Å². The van der Waals surface area contributed by atoms with Crippen molar-refractivity contribution in [3.05, 3.63) is 27.7 Å². The summed E-state index contributed by atoms with van der Waals surface area (Å²) in [4.78, 5) is 11.2. The van der Waals surface area contributed by atoms with Gasteiger partial charge < -0.3 is 5.32 Å². The van der Waals surface area contributed by atoms with Crippen LogP contribution >= 0.6 is 27.3 Å². The first-order valence-electron chi connectivity index (χ1n) is 5.04. The topological polar surface area (TPSA) is 37.8 Å². The Hall–Kier alpha value is -0.940. The largest absolute Gasteiger partial charge is 0.369 e. The van der Waals surface area contributed by atoms with Crippen LogP contribution in [0.3, 0.4) is 0 Å². The highest BCUT2D eigenvalue weighted by Gasteiger charge is 2.07. The van der Waals surface area contributed by atoms with Crippen molar-refractivity contribution >= 4 is 33.1 Å². The summed E-state index contributed by atoms with van der Waals surface area (Å²) < 4.78 is 0.895. The third-order valence-corrected chi connectivity index (χ3v) is 3.63. The number of hydrogen-bond acceptors (Lipinski definition) is 4. The SMILES string of the molecule is CCNc1nc(-c2ccc(C)s2)ncc1Br. The molecule has 0 aliphatic heterocycles. The van der Waals surface area contributed by atoms with Crippen LogP contribution in [0.25, 0.3) is 10.7 Å². The molecule has 3 nitrogen and oxygen atoms in total. The van der Waals surface area contributed by atoms with Gasteiger partial charge in [0.1, 0.15) is 5.82 Å². The molecule has 0 amide bonds. The average molecular weight is 298 g/mol. The third-order valence-electron chi connectivity index (χ3n) is 2.05. The molecule has 5 heteroatoms. The highest BCUT2D eigenvalue weighted by molar-refractivity contribution is 9.10. The number of anilines is 1. The van der Waals surface area contributed by atoms with Gasteiger partial charge in [0, 0.05) is 17.6 Å². The summed E-state index contributed by atoms with van der Waals surface area (Å²) in [5, 5.41) is 3.20. The maximum absolute atomic E-state index is 4.49. The number of nitrogens with one attached hydrogen (secondary N) is 1. The first-order chi connectivity index (χ1) is 7.70. The van der Waals surface area contributed by atoms with Gasteiger partial charge in [0.2, 0.25) is 0 Å². The predicted molar refractivity (Wildman–Crippen MR) is 71.9 cm³/mol. The van der Waals surface area contributed by atoms with Crippen LogP contribution in [0.2, 0.25) is 0 Å². The van der Waals surface area contributed by atoms with Crippen LogP contribution < -0.4 is 5.32 Å². The molecule has 0 unspecified atom stereocenters. The average Bonchev–Trinajstić information content (AvgIpc) is 2.69. The monoisotopic (exact) mass is 297 g/mol. The Bertz CT molecular complexity index is 496. The van der Waals surface area contributed by atoms with Crippen molar-refractivity contribution in [1.82, 2.24) is 9.97 Å². The van der Waals surface area contributed by atoms with E-state index in [0.717, 1.165) is 27.5 Å². The molecule has 2 heterocycles. The molecule has 2 rings (SSSR count). The summed E-state index contributed by atoms with van der Waals surface area (Å²) >= 11 is 5.13. The van der Waals surface area contributed by atoms with Crippen molar-refractivity contribution in [2.24, 2.45) is 0 Å². The molecular weight excluding hydrogens is 286 g/mol. The number of thiophene rings is 1. The molecule has 0 fully saturated rings. The maximum Gasteiger partial charge on any atom is 0.171 e. The zero-order valence-electron chi connectivity index (χ0n) is 9.12. The van der Waals surface area contributed by atoms with Crippen molar-refractivity contribution in [2.45, 2.75) is 13.8 Å². The lowest BCUT2D eigenvalue weighted by atomic mass is 10.4. The van der Waals surface area contributed by atoms with E-state index in [0.29, 0.717) is 0 Å². The number of halogens is 1. The second-order valence-electron chi connectivity index (χ2n) is 3.33. The van der Waals surface area contributed by atoms with E-state index in [1.54, 1.807) is 17.5 Å². The van der Waals surface area contributed by atoms with E-state index in [4.69, 9.17) is 0 Å². The number of aryl methyl sites for hydroxylation is 1. The fourth-order valence-electron chi connectivity index (χ4n) is 1.33. The lowest BCUT2D eigenvalue weighted by Crippen LogP contribution is -2.01. The fraction of sp³-hybridized carbons (Fsp3) is 0.273. The molecule has 0 spiro atoms. The van der Waals surface area contributed by atoms with Crippen molar-refractivity contribution in [2.75, 3.05) is 11.9 Å². The van der Waals surface area contributed by atoms with Gasteiger partial charge in [-0.3, -0.25) is 0 Å². The molecule has 0 saturated heterocycles. The van der Waals surface area contributed by atoms with Crippen molar-refractivity contribution in [3.63, 3.8) is 0 Å². The van der Waals surface area contributed by atoms with Gasteiger partial charge in [0.15, 0.2) is 5.82 Å². The van der Waals surface area contributed by atoms with Gasteiger partial charge in [-0.15, -0.1) is 11.3 Å². The molecule has 16 heavy (non-hydrogen) atoms. The minimum atomic E-state index is 0.775. The predicted octanol–water partition coefficient (Wildman–Crippen LogP) is 3.71. The van der Waals surface area contributed by atoms with Crippen LogP contribution in [0.5, 0.6) is 0 Å². The van der Waals surface area contributed by atoms with Gasteiger partial charge in [-0.1, -0.05) is 0 Å². The molecule has 0 saturated carbocycles. The Kier molecular flexibility index (Phi) is 3.56. The molecule has 0 aromatic carbocycles. The summed E-state index contributed by atoms with van der Waals surface area (Å²) in [6.07, 6.45) is 1.79. The van der Waals surface area contributed by atoms with Crippen molar-refractivity contribution in [1.29, 1.82) is 0 Å². The molecule has 0 aliphatic rings. The Balaban J connectivity index is 2.39. The highest BCUT2D eigenvalue weighted by atomic mass is 79.9. The first kappa shape index (κ1) is 11.5. The summed E-state index contributed by atoms with van der Waals surface area (Å²) in [6.45, 7) is 4.97. The molecular formula is C11H12BrN3S. The molecule has 84 valence electrons. The smallest absolute Gasteiger partial charge is 0.171 e. The summed E-state index contributed by atoms with van der Waals surface area (Å²) in [6, 6.07) is 4.14. The first-order valence-corrected chi connectivity index (χ1v) is 6.65. The van der Waals surface area contributed by atoms with Crippen LogP contribution in [0, 0.1) is 6.92 Å². The standard InChI is InChI=1S/C11H12BrN3S/c1-3-13-10-8(12)6-14-11(15-10)9-5-4-7(2)16-9/h4-6H,3H2,1-2H3,(H,13,14,15). The zero-order chi connectivity index (χ0) is 11.5. The minimum Gasteiger partial charge on any atom is -0.369 e. The molecule has 1 N–H and O–H groups in total. The van der Waals surface area contributed by atoms with E-state index >= 15 is 0 Å². The number of aromatic nitrogens is 2. The zero-order valence-corrected chi connectivity index (χ0v) is 11.5. The van der Waals surface area contributed by atoms with E-state index in [1.165, 1.54) is 4.88 Å². The Morgan fingerprint density at radius 2 is 2.25 bits per heavy atom. The molecule has 0 atom stereocenters. The normalized spacial score (nSPS) is 10.4. The summed E-state index contributed by atoms with van der Waals surface area (Å²) in [7, 11) is 0. The number of hydrogen-bond donors (Lipinski definition) is 1. The highest BCUT2D eigenvalue weighted by Crippen LogP contribution is 2.27. The van der Waals surface area contributed by atoms with Crippen LogP contribution in [-0.2, 0) is 0 Å². The Labute approximate surface area is 107 Å². The molecule has 0 aliphatic carbocycles. The molecule has 0 radical (unpaired) electrons. The van der Waals surface area contributed by atoms with Gasteiger partial charge in [0.05, 0.1) is 9.35 Å². The van der Waals surface area contributed by atoms with Crippen LogP contribution in [0.15, 0.2) is 22.8 Å². The summed E-state index contributed by atoms with van der Waals surface area (Å²) in [5.41, 5.74) is 0. The Morgan fingerprint density at radius 1 is 1.44 bits per heavy atom. The molecule has 2 aromatic heterocycles. The minimum absolute atomic E-state index is 0.775. The molecule has 2 aromatic rings. The number of nitrogens with zero attached hydrogens (tertiary/aromatic N) is 2. The lowest BCUT2D eigenvalue weighted by molar-refractivity contribution is 1.11. The summed E-state index contributed by atoms with van der Waals surface area (Å²) in [5.74, 6) is 1.62. The van der Waals surface area contributed by atoms with Gasteiger partial charge in [-0.05, 0) is 41.9 Å². The van der Waals surface area contributed by atoms with E-state index in [9.17, 15) is 0 Å². The maximum atomic E-state index is 4.49. The second kappa shape index (κ2) is 4.93. The molecule has 0 bridgehead atoms. The van der Waals surface area contributed by atoms with Gasteiger partial charge in [0.25, 0.3) is 0 Å². The fourth-order valence-corrected chi connectivity index (χ4v) is 2.47. The van der Waals surface area contributed by atoms with Gasteiger partial charge in [-0.25, -0.2) is 9.97 Å². The second-order valence-corrected chi connectivity index (χ2v) is 5.47. The quantitative estimate of drug-likeness (QED) is 0.938. The van der Waals surface area contributed by atoms with E-state index in [2.05, 4.69) is 50.3 Å². The van der Waals surface area contributed by atoms with E-state index in [1.807, 2.05) is 6.92 Å². The van der Waals surface area contributed by atoms with E-state index < -0.39 is 0 Å². The van der Waals surface area contributed by atoms with Crippen LogP contribution in [-0.4, -0.2) is 16.5 Å². The van der Waals surface area contributed by atoms with Crippen molar-refractivity contribution < 1.29 is 0 Å². The third kappa shape index (κ3) is 2.41. The van der Waals surface area contributed by atoms with Crippen molar-refractivity contribution in [3.8, 4) is 10.7 Å². The van der Waals surface area contributed by atoms with Gasteiger partial charge in [-0.2, -0.15) is 0 Å². The number of rotatable bonds is 3. The van der Waals surface area contributed by atoms with Crippen LogP contribution in [0.4, 0.5) is 5.82 Å².